The first-order valence-corrected chi connectivity index (χ1v) is 5.27. The Hall–Kier alpha value is -1.90. The van der Waals surface area contributed by atoms with Crippen molar-refractivity contribution < 1.29 is 4.92 Å². The van der Waals surface area contributed by atoms with Gasteiger partial charge in [-0.25, -0.2) is 0 Å². The van der Waals surface area contributed by atoms with Gasteiger partial charge in [0.15, 0.2) is 0 Å². The molecule has 16 heavy (non-hydrogen) atoms. The van der Waals surface area contributed by atoms with Crippen molar-refractivity contribution in [1.29, 1.82) is 0 Å². The van der Waals surface area contributed by atoms with Gasteiger partial charge in [-0.15, -0.1) is 0 Å². The van der Waals surface area contributed by atoms with Gasteiger partial charge in [-0.2, -0.15) is 0 Å². The molecule has 2 rings (SSSR count). The van der Waals surface area contributed by atoms with E-state index in [-0.39, 0.29) is 16.5 Å². The number of benzene rings is 2. The molecule has 0 unspecified atom stereocenters. The van der Waals surface area contributed by atoms with Crippen LogP contribution in [0.5, 0.6) is 0 Å². The van der Waals surface area contributed by atoms with Crippen LogP contribution in [0.1, 0.15) is 25.3 Å². The predicted octanol–water partition coefficient (Wildman–Crippen LogP) is 3.87. The quantitative estimate of drug-likeness (QED) is 0.563. The van der Waals surface area contributed by atoms with Gasteiger partial charge in [0.25, 0.3) is 5.69 Å². The van der Waals surface area contributed by atoms with Gasteiger partial charge >= 0.3 is 0 Å². The fraction of sp³-hybridized carbons (Fsp3) is 0.231. The van der Waals surface area contributed by atoms with Crippen LogP contribution in [0.25, 0.3) is 10.8 Å². The second kappa shape index (κ2) is 3.93. The number of nitrogens with zero attached hydrogens (tertiary/aromatic N) is 1. The van der Waals surface area contributed by atoms with Crippen LogP contribution in [-0.4, -0.2) is 4.92 Å². The van der Waals surface area contributed by atoms with E-state index in [1.165, 1.54) is 0 Å². The highest BCUT2D eigenvalue weighted by molar-refractivity contribution is 5.89. The Morgan fingerprint density at radius 2 is 1.81 bits per heavy atom. The van der Waals surface area contributed by atoms with Crippen molar-refractivity contribution in [2.75, 3.05) is 0 Å². The van der Waals surface area contributed by atoms with Gasteiger partial charge in [0.05, 0.1) is 4.92 Å². The zero-order chi connectivity index (χ0) is 11.7. The molecule has 0 saturated heterocycles. The molecule has 0 aromatic heterocycles. The summed E-state index contributed by atoms with van der Waals surface area (Å²) < 4.78 is 0. The molecule has 0 amide bonds. The molecule has 82 valence electrons. The van der Waals surface area contributed by atoms with Crippen LogP contribution in [0.15, 0.2) is 36.4 Å². The summed E-state index contributed by atoms with van der Waals surface area (Å²) in [5.74, 6) is 0.145. The third-order valence-corrected chi connectivity index (χ3v) is 2.72. The summed E-state index contributed by atoms with van der Waals surface area (Å²) in [5.41, 5.74) is 1.04. The topological polar surface area (TPSA) is 43.1 Å². The van der Waals surface area contributed by atoms with Gasteiger partial charge in [0.1, 0.15) is 0 Å². The molecule has 0 aliphatic rings. The number of hydrogen-bond acceptors (Lipinski definition) is 2. The summed E-state index contributed by atoms with van der Waals surface area (Å²) in [6, 6.07) is 11.2. The second-order valence-corrected chi connectivity index (χ2v) is 4.13. The number of nitro benzene ring substituents is 1. The van der Waals surface area contributed by atoms with E-state index >= 15 is 0 Å². The smallest absolute Gasteiger partial charge is 0.258 e. The van der Waals surface area contributed by atoms with Crippen molar-refractivity contribution in [3.8, 4) is 0 Å². The maximum absolute atomic E-state index is 11.0. The molecule has 0 fully saturated rings. The minimum atomic E-state index is -0.304. The zero-order valence-electron chi connectivity index (χ0n) is 9.31. The molecule has 0 heterocycles. The molecule has 0 N–H and O–H groups in total. The van der Waals surface area contributed by atoms with Crippen LogP contribution < -0.4 is 0 Å². The molecule has 0 aliphatic heterocycles. The highest BCUT2D eigenvalue weighted by Gasteiger charge is 2.18. The van der Waals surface area contributed by atoms with Crippen LogP contribution in [-0.2, 0) is 0 Å². The van der Waals surface area contributed by atoms with E-state index < -0.39 is 0 Å². The first-order valence-electron chi connectivity index (χ1n) is 5.27. The van der Waals surface area contributed by atoms with Crippen molar-refractivity contribution in [1.82, 2.24) is 0 Å². The summed E-state index contributed by atoms with van der Waals surface area (Å²) in [5, 5.41) is 13.0. The fourth-order valence-corrected chi connectivity index (χ4v) is 2.05. The first kappa shape index (κ1) is 10.6. The Labute approximate surface area is 93.9 Å². The summed E-state index contributed by atoms with van der Waals surface area (Å²) >= 11 is 0. The molecule has 3 heteroatoms. The van der Waals surface area contributed by atoms with Crippen LogP contribution in [0.2, 0.25) is 0 Å². The van der Waals surface area contributed by atoms with Gasteiger partial charge in [-0.3, -0.25) is 10.1 Å². The standard InChI is InChI=1S/C13H13NO2/c1-9(2)13-11-6-4-3-5-10(11)7-8-12(13)14(15)16/h3-9H,1-2H3. The van der Waals surface area contributed by atoms with E-state index in [2.05, 4.69) is 0 Å². The van der Waals surface area contributed by atoms with E-state index in [0.717, 1.165) is 16.3 Å². The average molecular weight is 215 g/mol. The molecule has 2 aromatic carbocycles. The Morgan fingerprint density at radius 3 is 2.44 bits per heavy atom. The lowest BCUT2D eigenvalue weighted by molar-refractivity contribution is -0.385. The van der Waals surface area contributed by atoms with Gasteiger partial charge in [-0.05, 0) is 22.8 Å². The van der Waals surface area contributed by atoms with Gasteiger partial charge in [-0.1, -0.05) is 38.1 Å². The number of rotatable bonds is 2. The SMILES string of the molecule is CC(C)c1c([N+](=O)[O-])ccc2ccccc12. The zero-order valence-corrected chi connectivity index (χ0v) is 9.31. The van der Waals surface area contributed by atoms with Gasteiger partial charge < -0.3 is 0 Å². The summed E-state index contributed by atoms with van der Waals surface area (Å²) in [6.45, 7) is 3.96. The van der Waals surface area contributed by atoms with Crippen molar-refractivity contribution >= 4 is 16.5 Å². The highest BCUT2D eigenvalue weighted by atomic mass is 16.6. The van der Waals surface area contributed by atoms with Gasteiger partial charge in [0.2, 0.25) is 0 Å². The van der Waals surface area contributed by atoms with Crippen molar-refractivity contribution in [2.45, 2.75) is 19.8 Å². The van der Waals surface area contributed by atoms with E-state index in [0.29, 0.717) is 0 Å². The lowest BCUT2D eigenvalue weighted by Gasteiger charge is -2.10. The maximum Gasteiger partial charge on any atom is 0.273 e. The highest BCUT2D eigenvalue weighted by Crippen LogP contribution is 2.33. The summed E-state index contributed by atoms with van der Waals surface area (Å²) in [4.78, 5) is 10.7. The molecule has 0 spiro atoms. The lowest BCUT2D eigenvalue weighted by atomic mass is 9.94. The van der Waals surface area contributed by atoms with E-state index in [1.54, 1.807) is 12.1 Å². The minimum absolute atomic E-state index is 0.145. The maximum atomic E-state index is 11.0. The van der Waals surface area contributed by atoms with Crippen LogP contribution >= 0.6 is 0 Å². The first-order chi connectivity index (χ1) is 7.61. The molecule has 0 aliphatic carbocycles. The monoisotopic (exact) mass is 215 g/mol. The molecular weight excluding hydrogens is 202 g/mol. The molecule has 0 bridgehead atoms. The number of nitro groups is 1. The van der Waals surface area contributed by atoms with E-state index in [1.807, 2.05) is 38.1 Å². The lowest BCUT2D eigenvalue weighted by Crippen LogP contribution is -1.98. The molecular formula is C13H13NO2. The second-order valence-electron chi connectivity index (χ2n) is 4.13. The molecule has 0 radical (unpaired) electrons. The Balaban J connectivity index is 2.84. The van der Waals surface area contributed by atoms with E-state index in [4.69, 9.17) is 0 Å². The average Bonchev–Trinajstić information content (AvgIpc) is 2.27. The predicted molar refractivity (Wildman–Crippen MR) is 64.7 cm³/mol. The Bertz CT molecular complexity index is 547. The van der Waals surface area contributed by atoms with Crippen molar-refractivity contribution in [3.63, 3.8) is 0 Å². The fourth-order valence-electron chi connectivity index (χ4n) is 2.05. The van der Waals surface area contributed by atoms with Crippen LogP contribution in [0.3, 0.4) is 0 Å². The van der Waals surface area contributed by atoms with Crippen molar-refractivity contribution in [2.24, 2.45) is 0 Å². The van der Waals surface area contributed by atoms with E-state index in [9.17, 15) is 10.1 Å². The van der Waals surface area contributed by atoms with Crippen molar-refractivity contribution in [3.05, 3.63) is 52.1 Å². The Kier molecular flexibility index (Phi) is 2.60. The van der Waals surface area contributed by atoms with Crippen LogP contribution in [0, 0.1) is 10.1 Å². The summed E-state index contributed by atoms with van der Waals surface area (Å²) in [6.07, 6.45) is 0. The third kappa shape index (κ3) is 1.65. The Morgan fingerprint density at radius 1 is 1.12 bits per heavy atom. The normalized spacial score (nSPS) is 10.9. The number of fused-ring (bicyclic) bond motifs is 1. The largest absolute Gasteiger partial charge is 0.273 e. The molecule has 2 aromatic rings. The molecule has 3 nitrogen and oxygen atoms in total. The van der Waals surface area contributed by atoms with Crippen LogP contribution in [0.4, 0.5) is 5.69 Å². The summed E-state index contributed by atoms with van der Waals surface area (Å²) in [7, 11) is 0. The number of hydrogen-bond donors (Lipinski definition) is 0. The minimum Gasteiger partial charge on any atom is -0.258 e. The molecule has 0 atom stereocenters. The molecule has 0 saturated carbocycles. The third-order valence-electron chi connectivity index (χ3n) is 2.72. The van der Waals surface area contributed by atoms with Gasteiger partial charge in [0, 0.05) is 11.6 Å².